The molecule has 5 nitrogen and oxygen atoms in total. The van der Waals surface area contributed by atoms with Crippen molar-refractivity contribution in [2.24, 2.45) is 11.3 Å². The molecule has 0 N–H and O–H groups in total. The largest absolute Gasteiger partial charge is 0.383 e. The van der Waals surface area contributed by atoms with Crippen molar-refractivity contribution in [1.82, 2.24) is 9.80 Å². The summed E-state index contributed by atoms with van der Waals surface area (Å²) in [6, 6.07) is 0. The first-order valence-corrected chi connectivity index (χ1v) is 9.73. The van der Waals surface area contributed by atoms with Crippen molar-refractivity contribution in [2.45, 2.75) is 57.8 Å². The lowest BCUT2D eigenvalue weighted by Gasteiger charge is -2.39. The summed E-state index contributed by atoms with van der Waals surface area (Å²) in [5.74, 6) is 0.767. The molecule has 2 amide bonds. The van der Waals surface area contributed by atoms with E-state index >= 15 is 0 Å². The van der Waals surface area contributed by atoms with Crippen LogP contribution in [0.4, 0.5) is 0 Å². The minimum atomic E-state index is -0.313. The van der Waals surface area contributed by atoms with E-state index in [1.54, 1.807) is 7.11 Å². The van der Waals surface area contributed by atoms with E-state index in [9.17, 15) is 9.59 Å². The third kappa shape index (κ3) is 3.61. The number of carbonyl (C=O) groups excluding carboxylic acids is 2. The molecule has 5 heteroatoms. The van der Waals surface area contributed by atoms with Crippen molar-refractivity contribution in [1.29, 1.82) is 0 Å². The number of carbonyl (C=O) groups is 2. The van der Waals surface area contributed by atoms with Gasteiger partial charge in [-0.1, -0.05) is 25.7 Å². The lowest BCUT2D eigenvalue weighted by Crippen LogP contribution is -2.51. The quantitative estimate of drug-likeness (QED) is 0.741. The standard InChI is InChI=1S/C19H32N2O3/c1-24-14-13-20-11-6-9-19(18(20)23)10-12-21(15-19)17(22)16-7-4-2-3-5-8-16/h16H,2-15H2,1H3. The predicted octanol–water partition coefficient (Wildman–Crippen LogP) is 2.44. The highest BCUT2D eigenvalue weighted by atomic mass is 16.5. The van der Waals surface area contributed by atoms with Gasteiger partial charge in [0.15, 0.2) is 0 Å². The van der Waals surface area contributed by atoms with Crippen LogP contribution in [0, 0.1) is 11.3 Å². The molecule has 1 aliphatic carbocycles. The van der Waals surface area contributed by atoms with Crippen LogP contribution in [0.2, 0.25) is 0 Å². The van der Waals surface area contributed by atoms with Gasteiger partial charge < -0.3 is 14.5 Å². The Morgan fingerprint density at radius 1 is 1.12 bits per heavy atom. The number of hydrogen-bond acceptors (Lipinski definition) is 3. The summed E-state index contributed by atoms with van der Waals surface area (Å²) < 4.78 is 5.14. The second kappa shape index (κ2) is 7.85. The van der Waals surface area contributed by atoms with Gasteiger partial charge in [-0.25, -0.2) is 0 Å². The van der Waals surface area contributed by atoms with Gasteiger partial charge in [-0.3, -0.25) is 9.59 Å². The molecule has 3 aliphatic rings. The SMILES string of the molecule is COCCN1CCCC2(CCN(C(=O)C3CCCCCC3)C2)C1=O. The Balaban J connectivity index is 1.62. The van der Waals surface area contributed by atoms with E-state index in [0.717, 1.165) is 45.2 Å². The monoisotopic (exact) mass is 336 g/mol. The molecule has 2 saturated heterocycles. The van der Waals surface area contributed by atoms with Crippen molar-refractivity contribution in [3.63, 3.8) is 0 Å². The Bertz CT molecular complexity index is 460. The minimum absolute atomic E-state index is 0.200. The number of ether oxygens (including phenoxy) is 1. The fourth-order valence-electron chi connectivity index (χ4n) is 4.79. The lowest BCUT2D eigenvalue weighted by atomic mass is 9.78. The van der Waals surface area contributed by atoms with Crippen molar-refractivity contribution < 1.29 is 14.3 Å². The molecular weight excluding hydrogens is 304 g/mol. The number of nitrogens with zero attached hydrogens (tertiary/aromatic N) is 2. The first-order chi connectivity index (χ1) is 11.7. The third-order valence-corrected chi connectivity index (χ3v) is 6.26. The zero-order valence-electron chi connectivity index (χ0n) is 15.1. The summed E-state index contributed by atoms with van der Waals surface area (Å²) in [6.07, 6.45) is 9.78. The highest BCUT2D eigenvalue weighted by Gasteiger charge is 2.49. The average Bonchev–Trinajstić information content (AvgIpc) is 2.83. The number of piperidine rings is 1. The zero-order chi connectivity index (χ0) is 17.0. The Kier molecular flexibility index (Phi) is 5.80. The van der Waals surface area contributed by atoms with E-state index in [-0.39, 0.29) is 17.2 Å². The molecule has 1 unspecified atom stereocenters. The van der Waals surface area contributed by atoms with E-state index in [1.807, 2.05) is 9.80 Å². The average molecular weight is 336 g/mol. The molecule has 0 aromatic rings. The smallest absolute Gasteiger partial charge is 0.230 e. The van der Waals surface area contributed by atoms with Gasteiger partial charge in [-0.05, 0) is 32.1 Å². The molecule has 1 spiro atoms. The Morgan fingerprint density at radius 2 is 1.88 bits per heavy atom. The summed E-state index contributed by atoms with van der Waals surface area (Å²) in [7, 11) is 1.67. The molecular formula is C19H32N2O3. The van der Waals surface area contributed by atoms with Crippen LogP contribution in [0.15, 0.2) is 0 Å². The van der Waals surface area contributed by atoms with E-state index in [0.29, 0.717) is 25.6 Å². The fraction of sp³-hybridized carbons (Fsp3) is 0.895. The maximum atomic E-state index is 13.0. The molecule has 0 radical (unpaired) electrons. The summed E-state index contributed by atoms with van der Waals surface area (Å²) in [4.78, 5) is 29.9. The number of hydrogen-bond donors (Lipinski definition) is 0. The molecule has 0 bridgehead atoms. The van der Waals surface area contributed by atoms with Gasteiger partial charge in [0.25, 0.3) is 0 Å². The van der Waals surface area contributed by atoms with E-state index in [1.165, 1.54) is 25.7 Å². The molecule has 2 heterocycles. The van der Waals surface area contributed by atoms with Gasteiger partial charge in [0.2, 0.25) is 11.8 Å². The number of rotatable bonds is 4. The maximum Gasteiger partial charge on any atom is 0.230 e. The molecule has 1 atom stereocenters. The highest BCUT2D eigenvalue weighted by Crippen LogP contribution is 2.41. The zero-order valence-corrected chi connectivity index (χ0v) is 15.1. The maximum absolute atomic E-state index is 13.0. The lowest BCUT2D eigenvalue weighted by molar-refractivity contribution is -0.147. The molecule has 2 aliphatic heterocycles. The van der Waals surface area contributed by atoms with Gasteiger partial charge in [-0.2, -0.15) is 0 Å². The van der Waals surface area contributed by atoms with Crippen LogP contribution in [0.3, 0.4) is 0 Å². The third-order valence-electron chi connectivity index (χ3n) is 6.26. The summed E-state index contributed by atoms with van der Waals surface area (Å²) in [6.45, 7) is 3.50. The molecule has 3 rings (SSSR count). The minimum Gasteiger partial charge on any atom is -0.383 e. The fourth-order valence-corrected chi connectivity index (χ4v) is 4.79. The van der Waals surface area contributed by atoms with E-state index in [4.69, 9.17) is 4.74 Å². The van der Waals surface area contributed by atoms with Gasteiger partial charge in [0, 0.05) is 39.2 Å². The molecule has 0 aromatic heterocycles. The predicted molar refractivity (Wildman–Crippen MR) is 92.5 cm³/mol. The molecule has 136 valence electrons. The van der Waals surface area contributed by atoms with Crippen molar-refractivity contribution in [3.05, 3.63) is 0 Å². The van der Waals surface area contributed by atoms with E-state index in [2.05, 4.69) is 0 Å². The van der Waals surface area contributed by atoms with Crippen LogP contribution in [0.1, 0.15) is 57.8 Å². The van der Waals surface area contributed by atoms with E-state index < -0.39 is 0 Å². The number of likely N-dealkylation sites (tertiary alicyclic amines) is 2. The molecule has 24 heavy (non-hydrogen) atoms. The first-order valence-electron chi connectivity index (χ1n) is 9.73. The summed E-state index contributed by atoms with van der Waals surface area (Å²) in [5, 5.41) is 0. The molecule has 1 saturated carbocycles. The van der Waals surface area contributed by atoms with Gasteiger partial charge >= 0.3 is 0 Å². The number of methoxy groups -OCH3 is 1. The Morgan fingerprint density at radius 3 is 2.58 bits per heavy atom. The van der Waals surface area contributed by atoms with Gasteiger partial charge in [-0.15, -0.1) is 0 Å². The first kappa shape index (κ1) is 17.7. The molecule has 0 aromatic carbocycles. The van der Waals surface area contributed by atoms with Crippen molar-refractivity contribution in [3.8, 4) is 0 Å². The Labute approximate surface area is 145 Å². The topological polar surface area (TPSA) is 49.9 Å². The second-order valence-corrected chi connectivity index (χ2v) is 7.87. The van der Waals surface area contributed by atoms with Crippen LogP contribution in [0.25, 0.3) is 0 Å². The normalized spacial score (nSPS) is 29.3. The van der Waals surface area contributed by atoms with Crippen molar-refractivity contribution in [2.75, 3.05) is 39.9 Å². The summed E-state index contributed by atoms with van der Waals surface area (Å²) in [5.41, 5.74) is -0.313. The van der Waals surface area contributed by atoms with Crippen LogP contribution in [-0.2, 0) is 14.3 Å². The number of amides is 2. The van der Waals surface area contributed by atoms with Gasteiger partial charge in [0.05, 0.1) is 12.0 Å². The van der Waals surface area contributed by atoms with Crippen LogP contribution in [-0.4, -0.2) is 61.5 Å². The highest BCUT2D eigenvalue weighted by molar-refractivity contribution is 5.86. The van der Waals surface area contributed by atoms with Crippen LogP contribution in [0.5, 0.6) is 0 Å². The molecule has 3 fully saturated rings. The Hall–Kier alpha value is -1.10. The van der Waals surface area contributed by atoms with Crippen LogP contribution < -0.4 is 0 Å². The second-order valence-electron chi connectivity index (χ2n) is 7.87. The van der Waals surface area contributed by atoms with Gasteiger partial charge in [0.1, 0.15) is 0 Å². The summed E-state index contributed by atoms with van der Waals surface area (Å²) >= 11 is 0. The van der Waals surface area contributed by atoms with Crippen molar-refractivity contribution >= 4 is 11.8 Å². The van der Waals surface area contributed by atoms with Crippen LogP contribution >= 0.6 is 0 Å².